The van der Waals surface area contributed by atoms with E-state index in [2.05, 4.69) is 27.1 Å². The SMILES string of the molecule is CC1CCC(Cc2ccc(-c3ccnc4ccccc34)c(C3=NCN=N3)c2S(N)(=O)=O)CC1. The van der Waals surface area contributed by atoms with Gasteiger partial charge in [-0.2, -0.15) is 5.11 Å². The molecule has 0 spiro atoms. The standard InChI is InChI=1S/C25H27N5O2S/c1-16-6-8-17(9-7-16)14-18-10-11-21(19-12-13-27-22-5-3-2-4-20(19)22)23(24(18)33(26,31)32)25-28-15-29-30-25/h2-5,10-13,16-17H,6-9,14-15H2,1H3,(H2,26,31,32). The van der Waals surface area contributed by atoms with E-state index >= 15 is 0 Å². The minimum Gasteiger partial charge on any atom is -0.256 e. The van der Waals surface area contributed by atoms with E-state index in [0.717, 1.165) is 46.4 Å². The summed E-state index contributed by atoms with van der Waals surface area (Å²) in [5, 5.41) is 14.9. The number of pyridine rings is 1. The van der Waals surface area contributed by atoms with Crippen LogP contribution in [0.5, 0.6) is 0 Å². The summed E-state index contributed by atoms with van der Waals surface area (Å²) in [5.74, 6) is 1.48. The van der Waals surface area contributed by atoms with Gasteiger partial charge in [-0.25, -0.2) is 18.5 Å². The predicted octanol–water partition coefficient (Wildman–Crippen LogP) is 5.09. The fraction of sp³-hybridized carbons (Fsp3) is 0.360. The summed E-state index contributed by atoms with van der Waals surface area (Å²) in [6.07, 6.45) is 6.94. The number of aliphatic imine (C=N–C) groups is 1. The van der Waals surface area contributed by atoms with Crippen LogP contribution in [0, 0.1) is 11.8 Å². The molecule has 170 valence electrons. The van der Waals surface area contributed by atoms with Crippen molar-refractivity contribution < 1.29 is 8.42 Å². The Morgan fingerprint density at radius 3 is 2.52 bits per heavy atom. The Balaban J connectivity index is 1.73. The fourth-order valence-corrected chi connectivity index (χ4v) is 6.09. The molecule has 0 bridgehead atoms. The summed E-state index contributed by atoms with van der Waals surface area (Å²) in [5.41, 5.74) is 3.59. The summed E-state index contributed by atoms with van der Waals surface area (Å²) in [6, 6.07) is 13.6. The van der Waals surface area contributed by atoms with E-state index in [1.807, 2.05) is 42.5 Å². The molecule has 1 aliphatic heterocycles. The van der Waals surface area contributed by atoms with Crippen LogP contribution in [0.25, 0.3) is 22.0 Å². The number of primary sulfonamides is 1. The fourth-order valence-electron chi connectivity index (χ4n) is 5.09. The van der Waals surface area contributed by atoms with Crippen LogP contribution in [-0.4, -0.2) is 25.9 Å². The predicted molar refractivity (Wildman–Crippen MR) is 130 cm³/mol. The number of amidine groups is 1. The van der Waals surface area contributed by atoms with Crippen molar-refractivity contribution in [2.24, 2.45) is 32.2 Å². The van der Waals surface area contributed by atoms with Gasteiger partial charge in [-0.15, -0.1) is 5.11 Å². The quantitative estimate of drug-likeness (QED) is 0.571. The molecular formula is C25H27N5O2S. The number of benzene rings is 2. The van der Waals surface area contributed by atoms with Gasteiger partial charge in [0.1, 0.15) is 0 Å². The Morgan fingerprint density at radius 1 is 1.00 bits per heavy atom. The molecule has 1 saturated carbocycles. The number of sulfonamides is 1. The third-order valence-corrected chi connectivity index (χ3v) is 7.82. The second-order valence-corrected chi connectivity index (χ2v) is 10.6. The van der Waals surface area contributed by atoms with Crippen molar-refractivity contribution in [1.29, 1.82) is 0 Å². The van der Waals surface area contributed by atoms with E-state index in [0.29, 0.717) is 23.7 Å². The molecule has 1 fully saturated rings. The number of hydrogen-bond acceptors (Lipinski definition) is 6. The largest absolute Gasteiger partial charge is 0.256 e. The van der Waals surface area contributed by atoms with Gasteiger partial charge in [0.15, 0.2) is 12.5 Å². The number of para-hydroxylation sites is 1. The Bertz CT molecular complexity index is 1370. The highest BCUT2D eigenvalue weighted by molar-refractivity contribution is 7.89. The lowest BCUT2D eigenvalue weighted by molar-refractivity contribution is 0.288. The van der Waals surface area contributed by atoms with E-state index in [1.165, 1.54) is 12.8 Å². The maximum absolute atomic E-state index is 13.0. The second-order valence-electron chi connectivity index (χ2n) is 9.09. The molecule has 0 saturated heterocycles. The lowest BCUT2D eigenvalue weighted by Gasteiger charge is -2.27. The molecule has 0 radical (unpaired) electrons. The van der Waals surface area contributed by atoms with E-state index in [1.54, 1.807) is 6.20 Å². The topological polar surface area (TPSA) is 110 Å². The number of rotatable bonds is 5. The first-order valence-electron chi connectivity index (χ1n) is 11.4. The van der Waals surface area contributed by atoms with E-state index in [4.69, 9.17) is 5.14 Å². The molecule has 33 heavy (non-hydrogen) atoms. The van der Waals surface area contributed by atoms with Crippen LogP contribution >= 0.6 is 0 Å². The maximum atomic E-state index is 13.0. The highest BCUT2D eigenvalue weighted by Gasteiger charge is 2.29. The lowest BCUT2D eigenvalue weighted by atomic mass is 9.79. The number of nitrogens with two attached hydrogens (primary N) is 1. The normalized spacial score (nSPS) is 20.8. The first-order chi connectivity index (χ1) is 15.9. The Hall–Kier alpha value is -2.97. The summed E-state index contributed by atoms with van der Waals surface area (Å²) >= 11 is 0. The van der Waals surface area contributed by atoms with Gasteiger partial charge in [0.05, 0.1) is 10.4 Å². The lowest BCUT2D eigenvalue weighted by Crippen LogP contribution is -2.22. The smallest absolute Gasteiger partial charge is 0.239 e. The van der Waals surface area contributed by atoms with Crippen LogP contribution in [0.4, 0.5) is 0 Å². The first-order valence-corrected chi connectivity index (χ1v) is 12.9. The van der Waals surface area contributed by atoms with Gasteiger partial charge >= 0.3 is 0 Å². The van der Waals surface area contributed by atoms with E-state index in [-0.39, 0.29) is 11.6 Å². The molecule has 7 nitrogen and oxygen atoms in total. The Labute approximate surface area is 193 Å². The van der Waals surface area contributed by atoms with Crippen molar-refractivity contribution >= 4 is 26.8 Å². The number of hydrogen-bond donors (Lipinski definition) is 1. The maximum Gasteiger partial charge on any atom is 0.239 e. The molecule has 2 aromatic carbocycles. The molecule has 0 unspecified atom stereocenters. The highest BCUT2D eigenvalue weighted by Crippen LogP contribution is 2.38. The van der Waals surface area contributed by atoms with Crippen LogP contribution in [0.15, 0.2) is 68.8 Å². The van der Waals surface area contributed by atoms with Crippen LogP contribution in [0.3, 0.4) is 0 Å². The van der Waals surface area contributed by atoms with Crippen molar-refractivity contribution in [2.45, 2.75) is 43.9 Å². The number of aromatic nitrogens is 1. The molecule has 2 N–H and O–H groups in total. The third kappa shape index (κ3) is 4.32. The Kier molecular flexibility index (Phi) is 5.80. The van der Waals surface area contributed by atoms with Gasteiger partial charge < -0.3 is 0 Å². The molecule has 5 rings (SSSR count). The van der Waals surface area contributed by atoms with Crippen LogP contribution in [-0.2, 0) is 16.4 Å². The van der Waals surface area contributed by atoms with E-state index in [9.17, 15) is 8.42 Å². The van der Waals surface area contributed by atoms with Gasteiger partial charge in [-0.1, -0.05) is 50.1 Å². The first kappa shape index (κ1) is 21.9. The second kappa shape index (κ2) is 8.76. The zero-order valence-corrected chi connectivity index (χ0v) is 19.4. The van der Waals surface area contributed by atoms with Crippen molar-refractivity contribution in [1.82, 2.24) is 4.98 Å². The van der Waals surface area contributed by atoms with Gasteiger partial charge in [0, 0.05) is 17.1 Å². The molecule has 1 aromatic heterocycles. The molecule has 2 aliphatic rings. The van der Waals surface area contributed by atoms with Gasteiger partial charge in [0.2, 0.25) is 10.0 Å². The number of fused-ring (bicyclic) bond motifs is 1. The van der Waals surface area contributed by atoms with Crippen LogP contribution < -0.4 is 5.14 Å². The minimum absolute atomic E-state index is 0.124. The van der Waals surface area contributed by atoms with Crippen LogP contribution in [0.2, 0.25) is 0 Å². The van der Waals surface area contributed by atoms with Gasteiger partial charge in [0.25, 0.3) is 0 Å². The number of azo groups is 1. The zero-order valence-electron chi connectivity index (χ0n) is 18.6. The molecule has 0 amide bonds. The Morgan fingerprint density at radius 2 is 1.79 bits per heavy atom. The van der Waals surface area contributed by atoms with Gasteiger partial charge in [-0.05, 0) is 59.9 Å². The van der Waals surface area contributed by atoms with Crippen molar-refractivity contribution in [2.75, 3.05) is 6.67 Å². The average molecular weight is 462 g/mol. The monoisotopic (exact) mass is 461 g/mol. The molecular weight excluding hydrogens is 434 g/mol. The summed E-state index contributed by atoms with van der Waals surface area (Å²) in [7, 11) is -4.04. The van der Waals surface area contributed by atoms with Crippen molar-refractivity contribution in [3.8, 4) is 11.1 Å². The van der Waals surface area contributed by atoms with Crippen molar-refractivity contribution in [3.63, 3.8) is 0 Å². The number of nitrogens with zero attached hydrogens (tertiary/aromatic N) is 4. The molecule has 3 aromatic rings. The summed E-state index contributed by atoms with van der Waals surface area (Å²) in [6.45, 7) is 2.46. The highest BCUT2D eigenvalue weighted by atomic mass is 32.2. The third-order valence-electron chi connectivity index (χ3n) is 6.78. The molecule has 0 atom stereocenters. The average Bonchev–Trinajstić information content (AvgIpc) is 3.34. The van der Waals surface area contributed by atoms with Gasteiger partial charge in [-0.3, -0.25) is 4.98 Å². The zero-order chi connectivity index (χ0) is 23.0. The molecule has 2 heterocycles. The summed E-state index contributed by atoms with van der Waals surface area (Å²) in [4.78, 5) is 8.97. The summed E-state index contributed by atoms with van der Waals surface area (Å²) < 4.78 is 26.0. The molecule has 8 heteroatoms. The van der Waals surface area contributed by atoms with E-state index < -0.39 is 10.0 Å². The van der Waals surface area contributed by atoms with Crippen LogP contribution in [0.1, 0.15) is 43.7 Å². The minimum atomic E-state index is -4.04. The molecule has 1 aliphatic carbocycles. The van der Waals surface area contributed by atoms with Crippen molar-refractivity contribution in [3.05, 3.63) is 59.8 Å².